The summed E-state index contributed by atoms with van der Waals surface area (Å²) >= 11 is 0. The number of hydrogen-bond acceptors (Lipinski definition) is 4. The predicted molar refractivity (Wildman–Crippen MR) is 91.4 cm³/mol. The Morgan fingerprint density at radius 2 is 2.12 bits per heavy atom. The third kappa shape index (κ3) is 3.58. The van der Waals surface area contributed by atoms with Crippen molar-refractivity contribution >= 4 is 5.91 Å². The zero-order chi connectivity index (χ0) is 17.2. The summed E-state index contributed by atoms with van der Waals surface area (Å²) in [6.07, 6.45) is 5.73. The highest BCUT2D eigenvalue weighted by Crippen LogP contribution is 2.24. The number of nitrogens with zero attached hydrogens (tertiary/aromatic N) is 2. The fourth-order valence-electron chi connectivity index (χ4n) is 3.75. The van der Waals surface area contributed by atoms with Crippen LogP contribution in [0.4, 0.5) is 4.39 Å². The second-order valence-corrected chi connectivity index (χ2v) is 6.86. The fraction of sp³-hybridized carbons (Fsp3) is 0.474. The van der Waals surface area contributed by atoms with Gasteiger partial charge in [0.05, 0.1) is 11.8 Å². The van der Waals surface area contributed by atoms with E-state index in [1.54, 1.807) is 18.2 Å². The topological polar surface area (TPSA) is 58.4 Å². The van der Waals surface area contributed by atoms with Gasteiger partial charge in [-0.1, -0.05) is 12.1 Å². The summed E-state index contributed by atoms with van der Waals surface area (Å²) in [7, 11) is 0. The maximum absolute atomic E-state index is 13.8. The molecule has 6 heteroatoms. The van der Waals surface area contributed by atoms with Crippen molar-refractivity contribution in [2.24, 2.45) is 0 Å². The molecule has 0 saturated carbocycles. The number of aromatic nitrogens is 1. The lowest BCUT2D eigenvalue weighted by Crippen LogP contribution is -2.39. The smallest absolute Gasteiger partial charge is 0.223 e. The summed E-state index contributed by atoms with van der Waals surface area (Å²) in [6.45, 7) is 1.61. The highest BCUT2D eigenvalue weighted by atomic mass is 19.1. The molecule has 1 aromatic heterocycles. The summed E-state index contributed by atoms with van der Waals surface area (Å²) in [5, 5.41) is 3.58. The molecule has 3 heterocycles. The van der Waals surface area contributed by atoms with E-state index in [4.69, 9.17) is 4.42 Å². The molecule has 1 aromatic carbocycles. The predicted octanol–water partition coefficient (Wildman–Crippen LogP) is 2.77. The Kier molecular flexibility index (Phi) is 4.53. The van der Waals surface area contributed by atoms with E-state index in [-0.39, 0.29) is 11.7 Å². The van der Waals surface area contributed by atoms with Gasteiger partial charge in [0, 0.05) is 38.0 Å². The van der Waals surface area contributed by atoms with Crippen LogP contribution in [0.3, 0.4) is 0 Å². The Balaban J connectivity index is 1.35. The minimum atomic E-state index is -0.339. The van der Waals surface area contributed by atoms with Gasteiger partial charge in [0.15, 0.2) is 11.7 Å². The van der Waals surface area contributed by atoms with E-state index in [0.29, 0.717) is 42.1 Å². The number of aryl methyl sites for hydroxylation is 1. The number of oxazole rings is 1. The average molecular weight is 343 g/mol. The van der Waals surface area contributed by atoms with E-state index in [1.165, 1.54) is 18.7 Å². The molecule has 2 fully saturated rings. The summed E-state index contributed by atoms with van der Waals surface area (Å²) in [5.41, 5.74) is 0.391. The lowest BCUT2D eigenvalue weighted by molar-refractivity contribution is -0.131. The van der Waals surface area contributed by atoms with Gasteiger partial charge in [0.1, 0.15) is 5.82 Å². The molecule has 2 aliphatic rings. The van der Waals surface area contributed by atoms with Crippen molar-refractivity contribution in [2.45, 2.75) is 44.2 Å². The van der Waals surface area contributed by atoms with Gasteiger partial charge in [-0.3, -0.25) is 4.79 Å². The molecule has 1 amide bonds. The maximum atomic E-state index is 13.8. The van der Waals surface area contributed by atoms with Crippen LogP contribution in [0.25, 0.3) is 11.3 Å². The Bertz CT molecular complexity index is 761. The van der Waals surface area contributed by atoms with E-state index in [9.17, 15) is 9.18 Å². The molecule has 2 aromatic rings. The number of carbonyl (C=O) groups excluding carboxylic acids is 1. The maximum Gasteiger partial charge on any atom is 0.223 e. The molecule has 25 heavy (non-hydrogen) atoms. The van der Waals surface area contributed by atoms with E-state index in [1.807, 2.05) is 4.90 Å². The molecule has 132 valence electrons. The number of carbonyl (C=O) groups is 1. The number of rotatable bonds is 4. The Labute approximate surface area is 146 Å². The molecule has 0 aliphatic carbocycles. The van der Waals surface area contributed by atoms with E-state index in [0.717, 1.165) is 25.9 Å². The molecule has 2 aliphatic heterocycles. The van der Waals surface area contributed by atoms with Crippen molar-refractivity contribution in [3.05, 3.63) is 42.2 Å². The van der Waals surface area contributed by atoms with Gasteiger partial charge in [-0.2, -0.15) is 0 Å². The first-order chi connectivity index (χ1) is 12.2. The van der Waals surface area contributed by atoms with Crippen LogP contribution in [0.1, 0.15) is 31.6 Å². The zero-order valence-corrected chi connectivity index (χ0v) is 14.1. The van der Waals surface area contributed by atoms with Crippen LogP contribution in [-0.4, -0.2) is 41.0 Å². The molecule has 0 radical (unpaired) electrons. The molecule has 2 unspecified atom stereocenters. The lowest BCUT2D eigenvalue weighted by atomic mass is 10.1. The molecule has 5 nitrogen and oxygen atoms in total. The quantitative estimate of drug-likeness (QED) is 0.927. The number of halogens is 1. The van der Waals surface area contributed by atoms with Gasteiger partial charge < -0.3 is 14.6 Å². The van der Waals surface area contributed by atoms with Gasteiger partial charge in [0.2, 0.25) is 5.91 Å². The number of benzene rings is 1. The molecule has 2 saturated heterocycles. The highest BCUT2D eigenvalue weighted by molar-refractivity contribution is 5.76. The molecular formula is C19H22FN3O2. The lowest BCUT2D eigenvalue weighted by Gasteiger charge is -2.24. The molecule has 2 atom stereocenters. The van der Waals surface area contributed by atoms with Crippen LogP contribution in [0.2, 0.25) is 0 Å². The van der Waals surface area contributed by atoms with Crippen LogP contribution < -0.4 is 5.32 Å². The fourth-order valence-corrected chi connectivity index (χ4v) is 3.75. The Morgan fingerprint density at radius 1 is 1.28 bits per heavy atom. The molecule has 2 bridgehead atoms. The van der Waals surface area contributed by atoms with Crippen molar-refractivity contribution in [2.75, 3.05) is 13.1 Å². The summed E-state index contributed by atoms with van der Waals surface area (Å²) in [4.78, 5) is 18.6. The van der Waals surface area contributed by atoms with Crippen molar-refractivity contribution in [3.8, 4) is 11.3 Å². The van der Waals surface area contributed by atoms with E-state index in [2.05, 4.69) is 10.3 Å². The van der Waals surface area contributed by atoms with Gasteiger partial charge in [-0.25, -0.2) is 9.37 Å². The Morgan fingerprint density at radius 3 is 3.00 bits per heavy atom. The van der Waals surface area contributed by atoms with E-state index < -0.39 is 0 Å². The SMILES string of the molecule is O=C(CCc1ncc(-c2ccccc2F)o1)N1CCC2CCC(C1)N2. The highest BCUT2D eigenvalue weighted by Gasteiger charge is 2.30. The molecule has 1 N–H and O–H groups in total. The summed E-state index contributed by atoms with van der Waals surface area (Å²) < 4.78 is 19.4. The largest absolute Gasteiger partial charge is 0.441 e. The minimum Gasteiger partial charge on any atom is -0.441 e. The Hall–Kier alpha value is -2.21. The van der Waals surface area contributed by atoms with Crippen molar-refractivity contribution in [1.82, 2.24) is 15.2 Å². The van der Waals surface area contributed by atoms with E-state index >= 15 is 0 Å². The van der Waals surface area contributed by atoms with Gasteiger partial charge in [0.25, 0.3) is 0 Å². The summed E-state index contributed by atoms with van der Waals surface area (Å²) in [6, 6.07) is 7.44. The van der Waals surface area contributed by atoms with Crippen LogP contribution in [0, 0.1) is 5.82 Å². The average Bonchev–Trinajstić information content (AvgIpc) is 3.19. The standard InChI is InChI=1S/C19H22FN3O2/c20-16-4-2-1-3-15(16)17-11-21-18(25-17)7-8-19(24)23-10-9-13-5-6-14(12-23)22-13/h1-4,11,13-14,22H,5-10,12H2. The van der Waals surface area contributed by atoms with Gasteiger partial charge >= 0.3 is 0 Å². The monoisotopic (exact) mass is 343 g/mol. The number of amides is 1. The van der Waals surface area contributed by atoms with Crippen LogP contribution in [0.5, 0.6) is 0 Å². The number of nitrogens with one attached hydrogen (secondary N) is 1. The van der Waals surface area contributed by atoms with Gasteiger partial charge in [-0.15, -0.1) is 0 Å². The third-order valence-electron chi connectivity index (χ3n) is 5.12. The first-order valence-electron chi connectivity index (χ1n) is 8.92. The zero-order valence-electron chi connectivity index (χ0n) is 14.1. The second kappa shape index (κ2) is 6.96. The molecule has 0 spiro atoms. The normalized spacial score (nSPS) is 22.8. The number of fused-ring (bicyclic) bond motifs is 2. The number of hydrogen-bond donors (Lipinski definition) is 1. The first kappa shape index (κ1) is 16.3. The van der Waals surface area contributed by atoms with Crippen molar-refractivity contribution < 1.29 is 13.6 Å². The number of likely N-dealkylation sites (tertiary alicyclic amines) is 1. The summed E-state index contributed by atoms with van der Waals surface area (Å²) in [5.74, 6) is 0.672. The third-order valence-corrected chi connectivity index (χ3v) is 5.12. The van der Waals surface area contributed by atoms with Crippen LogP contribution in [-0.2, 0) is 11.2 Å². The van der Waals surface area contributed by atoms with Crippen molar-refractivity contribution in [3.63, 3.8) is 0 Å². The molecular weight excluding hydrogens is 321 g/mol. The van der Waals surface area contributed by atoms with Gasteiger partial charge in [-0.05, 0) is 31.4 Å². The van der Waals surface area contributed by atoms with Crippen LogP contribution >= 0.6 is 0 Å². The van der Waals surface area contributed by atoms with Crippen LogP contribution in [0.15, 0.2) is 34.9 Å². The second-order valence-electron chi connectivity index (χ2n) is 6.86. The first-order valence-corrected chi connectivity index (χ1v) is 8.92. The molecule has 4 rings (SSSR count). The minimum absolute atomic E-state index is 0.139. The van der Waals surface area contributed by atoms with Crippen molar-refractivity contribution in [1.29, 1.82) is 0 Å².